The van der Waals surface area contributed by atoms with Gasteiger partial charge in [-0.2, -0.15) is 0 Å². The van der Waals surface area contributed by atoms with E-state index in [4.69, 9.17) is 0 Å². The van der Waals surface area contributed by atoms with Crippen LogP contribution < -0.4 is 0 Å². The Hall–Kier alpha value is -3.81. The zero-order valence-corrected chi connectivity index (χ0v) is 20.8. The Balaban J connectivity index is 1.35. The molecule has 1 heteroatoms. The quantitative estimate of drug-likeness (QED) is 0.249. The Kier molecular flexibility index (Phi) is 5.64. The highest BCUT2D eigenvalue weighted by molar-refractivity contribution is 7.99. The summed E-state index contributed by atoms with van der Waals surface area (Å²) < 4.78 is 0. The van der Waals surface area contributed by atoms with Crippen molar-refractivity contribution in [2.75, 3.05) is 0 Å². The number of fused-ring (bicyclic) bond motifs is 2. The van der Waals surface area contributed by atoms with Crippen LogP contribution in [-0.4, -0.2) is 0 Å². The van der Waals surface area contributed by atoms with E-state index in [1.807, 2.05) is 11.8 Å². The van der Waals surface area contributed by atoms with Gasteiger partial charge in [-0.25, -0.2) is 0 Å². The van der Waals surface area contributed by atoms with E-state index in [0.717, 1.165) is 0 Å². The number of aryl methyl sites for hydroxylation is 2. The third-order valence-corrected chi connectivity index (χ3v) is 7.87. The molecule has 0 aromatic heterocycles. The van der Waals surface area contributed by atoms with E-state index in [9.17, 15) is 0 Å². The lowest BCUT2D eigenvalue weighted by molar-refractivity contribution is 1.43. The lowest BCUT2D eigenvalue weighted by Crippen LogP contribution is -1.86. The van der Waals surface area contributed by atoms with Crippen LogP contribution in [0, 0.1) is 13.8 Å². The van der Waals surface area contributed by atoms with Crippen LogP contribution in [0.2, 0.25) is 0 Å². The van der Waals surface area contributed by atoms with E-state index in [2.05, 4.69) is 135 Å². The van der Waals surface area contributed by atoms with Crippen molar-refractivity contribution < 1.29 is 0 Å². The van der Waals surface area contributed by atoms with Gasteiger partial charge < -0.3 is 0 Å². The van der Waals surface area contributed by atoms with Crippen LogP contribution in [0.3, 0.4) is 0 Å². The Morgan fingerprint density at radius 2 is 0.943 bits per heavy atom. The Bertz CT molecular complexity index is 1660. The molecule has 0 saturated carbocycles. The van der Waals surface area contributed by atoms with E-state index < -0.39 is 0 Å². The van der Waals surface area contributed by atoms with Crippen LogP contribution in [0.15, 0.2) is 131 Å². The van der Waals surface area contributed by atoms with Gasteiger partial charge in [0.25, 0.3) is 0 Å². The third kappa shape index (κ3) is 4.13. The van der Waals surface area contributed by atoms with Crippen LogP contribution in [0.4, 0.5) is 0 Å². The molecule has 0 N–H and O–H groups in total. The van der Waals surface area contributed by atoms with Gasteiger partial charge in [0.05, 0.1) is 0 Å². The maximum atomic E-state index is 2.27. The Morgan fingerprint density at radius 3 is 1.60 bits per heavy atom. The molecule has 0 fully saturated rings. The summed E-state index contributed by atoms with van der Waals surface area (Å²) in [6.07, 6.45) is 0. The molecule has 0 amide bonds. The van der Waals surface area contributed by atoms with Gasteiger partial charge in [0.15, 0.2) is 0 Å². The molecular formula is C34H26S. The normalized spacial score (nSPS) is 11.3. The fourth-order valence-corrected chi connectivity index (χ4v) is 5.83. The predicted octanol–water partition coefficient (Wildman–Crippen LogP) is 10.1. The molecule has 0 aliphatic rings. The summed E-state index contributed by atoms with van der Waals surface area (Å²) in [6.45, 7) is 4.31. The number of benzene rings is 6. The standard InChI is InChI=1S/C34H26S/c1-23-11-14-25(15-12-23)30-21-22-34(33-10-6-5-9-32(30)33)35-27-18-16-26(17-19-27)29-20-13-24(2)28-7-3-4-8-31(28)29/h3-22H,1-2H3. The molecule has 168 valence electrons. The minimum Gasteiger partial charge on any atom is -0.0894 e. The van der Waals surface area contributed by atoms with Gasteiger partial charge in [0, 0.05) is 9.79 Å². The van der Waals surface area contributed by atoms with Crippen LogP contribution >= 0.6 is 11.8 Å². The summed E-state index contributed by atoms with van der Waals surface area (Å²) in [5.41, 5.74) is 7.69. The van der Waals surface area contributed by atoms with E-state index in [-0.39, 0.29) is 0 Å². The van der Waals surface area contributed by atoms with E-state index >= 15 is 0 Å². The number of rotatable bonds is 4. The fraction of sp³-hybridized carbons (Fsp3) is 0.0588. The summed E-state index contributed by atoms with van der Waals surface area (Å²) in [4.78, 5) is 2.53. The van der Waals surface area contributed by atoms with Crippen molar-refractivity contribution in [3.05, 3.63) is 132 Å². The van der Waals surface area contributed by atoms with Gasteiger partial charge in [-0.3, -0.25) is 0 Å². The molecule has 6 rings (SSSR count). The smallest absolute Gasteiger partial charge is 0.0201 e. The van der Waals surface area contributed by atoms with Gasteiger partial charge in [0.2, 0.25) is 0 Å². The van der Waals surface area contributed by atoms with Crippen molar-refractivity contribution >= 4 is 33.3 Å². The van der Waals surface area contributed by atoms with Crippen molar-refractivity contribution in [3.63, 3.8) is 0 Å². The summed E-state index contributed by atoms with van der Waals surface area (Å²) >= 11 is 1.83. The molecule has 6 aromatic rings. The van der Waals surface area contributed by atoms with Gasteiger partial charge in [0.1, 0.15) is 0 Å². The first kappa shape index (κ1) is 21.7. The summed E-state index contributed by atoms with van der Waals surface area (Å²) in [5.74, 6) is 0. The van der Waals surface area contributed by atoms with Crippen molar-refractivity contribution in [2.24, 2.45) is 0 Å². The van der Waals surface area contributed by atoms with Crippen LogP contribution in [-0.2, 0) is 0 Å². The lowest BCUT2D eigenvalue weighted by atomic mass is 9.96. The lowest BCUT2D eigenvalue weighted by Gasteiger charge is -2.13. The topological polar surface area (TPSA) is 0 Å². The second-order valence-corrected chi connectivity index (χ2v) is 10.2. The molecule has 0 saturated heterocycles. The van der Waals surface area contributed by atoms with Crippen molar-refractivity contribution in [2.45, 2.75) is 23.6 Å². The molecular weight excluding hydrogens is 440 g/mol. The molecule has 35 heavy (non-hydrogen) atoms. The second-order valence-electron chi connectivity index (χ2n) is 9.12. The van der Waals surface area contributed by atoms with Crippen molar-refractivity contribution in [1.29, 1.82) is 0 Å². The van der Waals surface area contributed by atoms with Gasteiger partial charge >= 0.3 is 0 Å². The van der Waals surface area contributed by atoms with Crippen molar-refractivity contribution in [3.8, 4) is 22.3 Å². The zero-order valence-electron chi connectivity index (χ0n) is 20.0. The molecule has 6 aromatic carbocycles. The maximum Gasteiger partial charge on any atom is 0.0201 e. The minimum absolute atomic E-state index is 1.25. The first-order valence-corrected chi connectivity index (χ1v) is 12.8. The van der Waals surface area contributed by atoms with Gasteiger partial charge in [-0.15, -0.1) is 0 Å². The Morgan fingerprint density at radius 1 is 0.429 bits per heavy atom. The highest BCUT2D eigenvalue weighted by Gasteiger charge is 2.10. The highest BCUT2D eigenvalue weighted by atomic mass is 32.2. The van der Waals surface area contributed by atoms with E-state index in [1.54, 1.807) is 0 Å². The molecule has 0 aliphatic carbocycles. The van der Waals surface area contributed by atoms with Crippen LogP contribution in [0.1, 0.15) is 11.1 Å². The highest BCUT2D eigenvalue weighted by Crippen LogP contribution is 2.39. The Labute approximate surface area is 211 Å². The fourth-order valence-electron chi connectivity index (χ4n) is 4.88. The monoisotopic (exact) mass is 466 g/mol. The minimum atomic E-state index is 1.25. The SMILES string of the molecule is Cc1ccc(-c2ccc(Sc3ccc(-c4ccc(C)c5ccccc45)cc3)c3ccccc23)cc1. The molecule has 0 unspecified atom stereocenters. The van der Waals surface area contributed by atoms with E-state index in [0.29, 0.717) is 0 Å². The molecule has 0 radical (unpaired) electrons. The first-order valence-electron chi connectivity index (χ1n) is 12.0. The summed E-state index contributed by atoms with van der Waals surface area (Å²) in [7, 11) is 0. The first-order chi connectivity index (χ1) is 17.2. The van der Waals surface area contributed by atoms with Crippen LogP contribution in [0.25, 0.3) is 43.8 Å². The molecule has 0 atom stereocenters. The second kappa shape index (κ2) is 9.09. The molecule has 0 bridgehead atoms. The maximum absolute atomic E-state index is 2.27. The summed E-state index contributed by atoms with van der Waals surface area (Å²) in [6, 6.07) is 44.2. The molecule has 0 nitrogen and oxygen atoms in total. The third-order valence-electron chi connectivity index (χ3n) is 6.78. The average Bonchev–Trinajstić information content (AvgIpc) is 2.91. The number of hydrogen-bond acceptors (Lipinski definition) is 1. The zero-order chi connectivity index (χ0) is 23.8. The van der Waals surface area contributed by atoms with Gasteiger partial charge in [-0.1, -0.05) is 120 Å². The average molecular weight is 467 g/mol. The number of hydrogen-bond donors (Lipinski definition) is 0. The predicted molar refractivity (Wildman–Crippen MR) is 152 cm³/mol. The van der Waals surface area contributed by atoms with E-state index in [1.165, 1.54) is 64.7 Å². The van der Waals surface area contributed by atoms with Crippen LogP contribution in [0.5, 0.6) is 0 Å². The summed E-state index contributed by atoms with van der Waals surface area (Å²) in [5, 5.41) is 5.22. The van der Waals surface area contributed by atoms with Gasteiger partial charge in [-0.05, 0) is 81.4 Å². The van der Waals surface area contributed by atoms with Crippen molar-refractivity contribution in [1.82, 2.24) is 0 Å². The largest absolute Gasteiger partial charge is 0.0894 e. The molecule has 0 aliphatic heterocycles. The molecule has 0 heterocycles. The molecule has 0 spiro atoms.